The Morgan fingerprint density at radius 1 is 1.05 bits per heavy atom. The quantitative estimate of drug-likeness (QED) is 0.843. The third-order valence-corrected chi connectivity index (χ3v) is 5.12. The van der Waals surface area contributed by atoms with E-state index in [-0.39, 0.29) is 11.4 Å². The van der Waals surface area contributed by atoms with Crippen LogP contribution in [0.15, 0.2) is 51.8 Å². The van der Waals surface area contributed by atoms with Crippen LogP contribution in [0, 0.1) is 0 Å². The normalized spacial score (nSPS) is 11.6. The highest BCUT2D eigenvalue weighted by Crippen LogP contribution is 2.21. The molecule has 0 aliphatic heterocycles. The zero-order valence-corrected chi connectivity index (χ0v) is 14.0. The average Bonchev–Trinajstić information content (AvgIpc) is 2.38. The maximum atomic E-state index is 12.1. The van der Waals surface area contributed by atoms with Crippen molar-refractivity contribution in [3.05, 3.63) is 62.5 Å². The Kier molecular flexibility index (Phi) is 5.09. The SMILES string of the molecule is O=S(=O)(NCc1ccc(Cl)cc1Cl)c1ccc(Br)cc1. The van der Waals surface area contributed by atoms with Gasteiger partial charge in [0.1, 0.15) is 0 Å². The second kappa shape index (κ2) is 6.45. The molecule has 0 saturated carbocycles. The van der Waals surface area contributed by atoms with Gasteiger partial charge in [-0.2, -0.15) is 0 Å². The number of rotatable bonds is 4. The molecule has 20 heavy (non-hydrogen) atoms. The van der Waals surface area contributed by atoms with E-state index in [1.54, 1.807) is 30.3 Å². The first-order chi connectivity index (χ1) is 9.38. The first-order valence-corrected chi connectivity index (χ1v) is 8.61. The maximum absolute atomic E-state index is 12.1. The summed E-state index contributed by atoms with van der Waals surface area (Å²) >= 11 is 15.0. The molecule has 0 radical (unpaired) electrons. The molecule has 2 aromatic carbocycles. The molecular weight excluding hydrogens is 385 g/mol. The molecule has 3 nitrogen and oxygen atoms in total. The van der Waals surface area contributed by atoms with Crippen molar-refractivity contribution in [2.24, 2.45) is 0 Å². The monoisotopic (exact) mass is 393 g/mol. The molecule has 2 rings (SSSR count). The Labute approximate surface area is 136 Å². The van der Waals surface area contributed by atoms with E-state index in [0.29, 0.717) is 15.6 Å². The minimum absolute atomic E-state index is 0.106. The largest absolute Gasteiger partial charge is 0.240 e. The molecule has 0 aromatic heterocycles. The van der Waals surface area contributed by atoms with E-state index in [9.17, 15) is 8.42 Å². The summed E-state index contributed by atoms with van der Waals surface area (Å²) in [5, 5.41) is 0.936. The Balaban J connectivity index is 2.15. The molecule has 0 atom stereocenters. The van der Waals surface area contributed by atoms with Crippen molar-refractivity contribution in [2.75, 3.05) is 0 Å². The second-order valence-corrected chi connectivity index (χ2v) is 7.54. The van der Waals surface area contributed by atoms with E-state index in [0.717, 1.165) is 4.47 Å². The lowest BCUT2D eigenvalue weighted by Gasteiger charge is -2.08. The van der Waals surface area contributed by atoms with E-state index in [1.165, 1.54) is 12.1 Å². The first kappa shape index (κ1) is 15.8. The molecule has 106 valence electrons. The zero-order valence-electron chi connectivity index (χ0n) is 10.1. The van der Waals surface area contributed by atoms with Crippen molar-refractivity contribution in [1.82, 2.24) is 4.72 Å². The third kappa shape index (κ3) is 3.96. The first-order valence-electron chi connectivity index (χ1n) is 5.58. The van der Waals surface area contributed by atoms with Crippen LogP contribution in [0.2, 0.25) is 10.0 Å². The fourth-order valence-corrected chi connectivity index (χ4v) is 3.28. The van der Waals surface area contributed by atoms with Crippen LogP contribution in [0.5, 0.6) is 0 Å². The van der Waals surface area contributed by atoms with Crippen LogP contribution < -0.4 is 4.72 Å². The molecule has 0 heterocycles. The van der Waals surface area contributed by atoms with E-state index in [1.807, 2.05) is 0 Å². The van der Waals surface area contributed by atoms with Crippen LogP contribution in [-0.4, -0.2) is 8.42 Å². The zero-order chi connectivity index (χ0) is 14.8. The highest BCUT2D eigenvalue weighted by atomic mass is 79.9. The standard InChI is InChI=1S/C13H10BrCl2NO2S/c14-10-2-5-12(6-3-10)20(18,19)17-8-9-1-4-11(15)7-13(9)16/h1-7,17H,8H2. The van der Waals surface area contributed by atoms with Crippen LogP contribution in [-0.2, 0) is 16.6 Å². The van der Waals surface area contributed by atoms with Crippen molar-refractivity contribution >= 4 is 49.2 Å². The predicted molar refractivity (Wildman–Crippen MR) is 84.6 cm³/mol. The number of hydrogen-bond donors (Lipinski definition) is 1. The van der Waals surface area contributed by atoms with Gasteiger partial charge in [-0.25, -0.2) is 13.1 Å². The average molecular weight is 395 g/mol. The van der Waals surface area contributed by atoms with Gasteiger partial charge in [-0.15, -0.1) is 0 Å². The summed E-state index contributed by atoms with van der Waals surface area (Å²) in [7, 11) is -3.56. The molecule has 0 spiro atoms. The number of halogens is 3. The summed E-state index contributed by atoms with van der Waals surface area (Å²) in [6.07, 6.45) is 0. The van der Waals surface area contributed by atoms with Crippen LogP contribution in [0.4, 0.5) is 0 Å². The minimum Gasteiger partial charge on any atom is -0.207 e. The molecule has 0 aliphatic rings. The molecular formula is C13H10BrCl2NO2S. The predicted octanol–water partition coefficient (Wildman–Crippen LogP) is 4.23. The summed E-state index contributed by atoms with van der Waals surface area (Å²) < 4.78 is 27.5. The van der Waals surface area contributed by atoms with Crippen molar-refractivity contribution in [3.63, 3.8) is 0 Å². The molecule has 0 bridgehead atoms. The lowest BCUT2D eigenvalue weighted by Crippen LogP contribution is -2.23. The molecule has 0 aliphatic carbocycles. The van der Waals surface area contributed by atoms with Gasteiger partial charge < -0.3 is 0 Å². The highest BCUT2D eigenvalue weighted by Gasteiger charge is 2.14. The summed E-state index contributed by atoms with van der Waals surface area (Å²) in [4.78, 5) is 0.200. The number of nitrogens with one attached hydrogen (secondary N) is 1. The smallest absolute Gasteiger partial charge is 0.207 e. The van der Waals surface area contributed by atoms with Gasteiger partial charge in [-0.3, -0.25) is 0 Å². The molecule has 0 fully saturated rings. The van der Waals surface area contributed by atoms with Crippen molar-refractivity contribution in [2.45, 2.75) is 11.4 Å². The molecule has 7 heteroatoms. The Hall–Kier alpha value is -0.590. The number of sulfonamides is 1. The lowest BCUT2D eigenvalue weighted by atomic mass is 10.2. The van der Waals surface area contributed by atoms with Gasteiger partial charge in [-0.1, -0.05) is 45.2 Å². The van der Waals surface area contributed by atoms with Gasteiger partial charge in [-0.05, 0) is 42.0 Å². The van der Waals surface area contributed by atoms with E-state index >= 15 is 0 Å². The second-order valence-electron chi connectivity index (χ2n) is 4.01. The molecule has 0 saturated heterocycles. The van der Waals surface area contributed by atoms with Gasteiger partial charge in [0.25, 0.3) is 0 Å². The third-order valence-electron chi connectivity index (χ3n) is 2.59. The Morgan fingerprint density at radius 2 is 1.70 bits per heavy atom. The fraction of sp³-hybridized carbons (Fsp3) is 0.0769. The summed E-state index contributed by atoms with van der Waals surface area (Å²) in [6.45, 7) is 0.106. The lowest BCUT2D eigenvalue weighted by molar-refractivity contribution is 0.581. The van der Waals surface area contributed by atoms with Gasteiger partial charge in [0, 0.05) is 21.1 Å². The summed E-state index contributed by atoms with van der Waals surface area (Å²) in [5.41, 5.74) is 0.664. The Morgan fingerprint density at radius 3 is 2.30 bits per heavy atom. The van der Waals surface area contributed by atoms with Crippen LogP contribution >= 0.6 is 39.1 Å². The van der Waals surface area contributed by atoms with E-state index in [4.69, 9.17) is 23.2 Å². The summed E-state index contributed by atoms with van der Waals surface area (Å²) in [5.74, 6) is 0. The van der Waals surface area contributed by atoms with E-state index < -0.39 is 10.0 Å². The number of benzene rings is 2. The van der Waals surface area contributed by atoms with Crippen molar-refractivity contribution in [1.29, 1.82) is 0 Å². The van der Waals surface area contributed by atoms with E-state index in [2.05, 4.69) is 20.7 Å². The van der Waals surface area contributed by atoms with Crippen molar-refractivity contribution in [3.8, 4) is 0 Å². The van der Waals surface area contributed by atoms with Crippen LogP contribution in [0.1, 0.15) is 5.56 Å². The van der Waals surface area contributed by atoms with Crippen LogP contribution in [0.3, 0.4) is 0 Å². The Bertz CT molecular complexity index is 718. The van der Waals surface area contributed by atoms with Crippen LogP contribution in [0.25, 0.3) is 0 Å². The molecule has 2 aromatic rings. The highest BCUT2D eigenvalue weighted by molar-refractivity contribution is 9.10. The van der Waals surface area contributed by atoms with Gasteiger partial charge in [0.05, 0.1) is 4.90 Å². The van der Waals surface area contributed by atoms with Gasteiger partial charge in [0.2, 0.25) is 10.0 Å². The maximum Gasteiger partial charge on any atom is 0.240 e. The number of hydrogen-bond acceptors (Lipinski definition) is 2. The van der Waals surface area contributed by atoms with Crippen molar-refractivity contribution < 1.29 is 8.42 Å². The molecule has 0 unspecified atom stereocenters. The topological polar surface area (TPSA) is 46.2 Å². The molecule has 0 amide bonds. The fourth-order valence-electron chi connectivity index (χ4n) is 1.53. The summed E-state index contributed by atoms with van der Waals surface area (Å²) in [6, 6.07) is 11.3. The molecule has 1 N–H and O–H groups in total. The minimum atomic E-state index is -3.56. The van der Waals surface area contributed by atoms with Gasteiger partial charge in [0.15, 0.2) is 0 Å². The van der Waals surface area contributed by atoms with Gasteiger partial charge >= 0.3 is 0 Å².